The fourth-order valence-electron chi connectivity index (χ4n) is 2.71. The second-order valence-corrected chi connectivity index (χ2v) is 6.71. The largest absolute Gasteiger partial charge is 0.481 e. The quantitative estimate of drug-likeness (QED) is 0.843. The third-order valence-corrected chi connectivity index (χ3v) is 4.54. The molecule has 1 amide bonds. The van der Waals surface area contributed by atoms with E-state index in [1.54, 1.807) is 31.2 Å². The number of nitrogens with zero attached hydrogens (tertiary/aromatic N) is 1. The molecule has 1 aliphatic rings. The SMILES string of the molecule is C[C@H](Oc1ccc(C#N)cc1)C(=O)N[C@@H](c1ccc(Cl)cc1)C1CC1. The van der Waals surface area contributed by atoms with Gasteiger partial charge in [-0.1, -0.05) is 23.7 Å². The summed E-state index contributed by atoms with van der Waals surface area (Å²) in [5.41, 5.74) is 1.62. The van der Waals surface area contributed by atoms with Crippen molar-refractivity contribution in [3.63, 3.8) is 0 Å². The van der Waals surface area contributed by atoms with E-state index in [9.17, 15) is 4.79 Å². The van der Waals surface area contributed by atoms with Crippen LogP contribution in [0.25, 0.3) is 0 Å². The molecular weight excluding hydrogens is 336 g/mol. The molecule has 2 aromatic rings. The van der Waals surface area contributed by atoms with Crippen LogP contribution in [0, 0.1) is 17.2 Å². The van der Waals surface area contributed by atoms with Crippen molar-refractivity contribution in [1.82, 2.24) is 5.32 Å². The molecule has 0 heterocycles. The average Bonchev–Trinajstić information content (AvgIpc) is 3.46. The van der Waals surface area contributed by atoms with Crippen molar-refractivity contribution >= 4 is 17.5 Å². The van der Waals surface area contributed by atoms with E-state index in [1.165, 1.54) is 0 Å². The van der Waals surface area contributed by atoms with Gasteiger partial charge in [0.05, 0.1) is 17.7 Å². The molecule has 0 aromatic heterocycles. The molecule has 25 heavy (non-hydrogen) atoms. The molecule has 2 aromatic carbocycles. The lowest BCUT2D eigenvalue weighted by atomic mass is 10.0. The molecule has 1 fully saturated rings. The molecule has 1 N–H and O–H groups in total. The Bertz CT molecular complexity index is 777. The van der Waals surface area contributed by atoms with Crippen LogP contribution < -0.4 is 10.1 Å². The number of nitrogens with one attached hydrogen (secondary N) is 1. The van der Waals surface area contributed by atoms with E-state index < -0.39 is 6.10 Å². The number of halogens is 1. The van der Waals surface area contributed by atoms with Gasteiger partial charge in [-0.25, -0.2) is 0 Å². The molecule has 1 saturated carbocycles. The number of benzene rings is 2. The van der Waals surface area contributed by atoms with Gasteiger partial charge in [-0.15, -0.1) is 0 Å². The van der Waals surface area contributed by atoms with E-state index in [0.29, 0.717) is 22.3 Å². The summed E-state index contributed by atoms with van der Waals surface area (Å²) in [7, 11) is 0. The number of carbonyl (C=O) groups excluding carboxylic acids is 1. The monoisotopic (exact) mass is 354 g/mol. The van der Waals surface area contributed by atoms with E-state index in [0.717, 1.165) is 18.4 Å². The number of nitriles is 1. The van der Waals surface area contributed by atoms with Gasteiger partial charge in [0, 0.05) is 5.02 Å². The predicted octanol–water partition coefficient (Wildman–Crippen LogP) is 4.25. The van der Waals surface area contributed by atoms with Crippen LogP contribution in [-0.2, 0) is 4.79 Å². The van der Waals surface area contributed by atoms with Crippen molar-refractivity contribution in [1.29, 1.82) is 5.26 Å². The smallest absolute Gasteiger partial charge is 0.261 e. The topological polar surface area (TPSA) is 62.1 Å². The van der Waals surface area contributed by atoms with Gasteiger partial charge in [0.2, 0.25) is 0 Å². The second kappa shape index (κ2) is 7.58. The summed E-state index contributed by atoms with van der Waals surface area (Å²) in [4.78, 5) is 12.5. The van der Waals surface area contributed by atoms with Gasteiger partial charge < -0.3 is 10.1 Å². The number of hydrogen-bond acceptors (Lipinski definition) is 3. The Labute approximate surface area is 152 Å². The van der Waals surface area contributed by atoms with Crippen LogP contribution >= 0.6 is 11.6 Å². The Kier molecular flexibility index (Phi) is 5.25. The molecule has 4 nitrogen and oxygen atoms in total. The maximum Gasteiger partial charge on any atom is 0.261 e. The summed E-state index contributed by atoms with van der Waals surface area (Å²) < 4.78 is 5.69. The average molecular weight is 355 g/mol. The first-order valence-electron chi connectivity index (χ1n) is 8.29. The number of carbonyl (C=O) groups is 1. The van der Waals surface area contributed by atoms with Crippen LogP contribution in [-0.4, -0.2) is 12.0 Å². The molecule has 0 bridgehead atoms. The van der Waals surface area contributed by atoms with Gasteiger partial charge in [-0.05, 0) is 67.6 Å². The van der Waals surface area contributed by atoms with Crippen molar-refractivity contribution in [2.45, 2.75) is 31.9 Å². The summed E-state index contributed by atoms with van der Waals surface area (Å²) in [6, 6.07) is 16.4. The standard InChI is InChI=1S/C20H19ClN2O2/c1-13(25-18-10-2-14(12-22)3-11-18)20(24)23-19(15-4-5-15)16-6-8-17(21)9-7-16/h2-3,6-11,13,15,19H,4-5H2,1H3,(H,23,24)/t13-,19+/m0/s1. The van der Waals surface area contributed by atoms with Gasteiger partial charge in [0.1, 0.15) is 5.75 Å². The van der Waals surface area contributed by atoms with Crippen molar-refractivity contribution < 1.29 is 9.53 Å². The van der Waals surface area contributed by atoms with E-state index in [2.05, 4.69) is 11.4 Å². The Morgan fingerprint density at radius 2 is 1.84 bits per heavy atom. The lowest BCUT2D eigenvalue weighted by Gasteiger charge is -2.22. The Morgan fingerprint density at radius 1 is 1.20 bits per heavy atom. The van der Waals surface area contributed by atoms with Crippen LogP contribution in [0.3, 0.4) is 0 Å². The van der Waals surface area contributed by atoms with Crippen LogP contribution in [0.5, 0.6) is 5.75 Å². The fourth-order valence-corrected chi connectivity index (χ4v) is 2.84. The molecule has 5 heteroatoms. The minimum atomic E-state index is -0.624. The Morgan fingerprint density at radius 3 is 2.40 bits per heavy atom. The number of amides is 1. The minimum absolute atomic E-state index is 0.0169. The van der Waals surface area contributed by atoms with Gasteiger partial charge in [0.15, 0.2) is 6.10 Å². The Balaban J connectivity index is 1.64. The molecule has 0 spiro atoms. The highest BCUT2D eigenvalue weighted by Gasteiger charge is 2.34. The molecule has 0 radical (unpaired) electrons. The van der Waals surface area contributed by atoms with Gasteiger partial charge in [0.25, 0.3) is 5.91 Å². The van der Waals surface area contributed by atoms with Gasteiger partial charge in [-0.2, -0.15) is 5.26 Å². The van der Waals surface area contributed by atoms with Crippen molar-refractivity contribution in [2.75, 3.05) is 0 Å². The maximum absolute atomic E-state index is 12.5. The predicted molar refractivity (Wildman–Crippen MR) is 96.3 cm³/mol. The number of rotatable bonds is 6. The highest BCUT2D eigenvalue weighted by molar-refractivity contribution is 6.30. The first kappa shape index (κ1) is 17.3. The zero-order valence-electron chi connectivity index (χ0n) is 13.9. The van der Waals surface area contributed by atoms with E-state index in [-0.39, 0.29) is 11.9 Å². The molecule has 0 saturated heterocycles. The van der Waals surface area contributed by atoms with E-state index in [4.69, 9.17) is 21.6 Å². The normalized spacial score (nSPS) is 15.7. The summed E-state index contributed by atoms with van der Waals surface area (Å²) in [6.07, 6.45) is 1.60. The van der Waals surface area contributed by atoms with Crippen LogP contribution in [0.4, 0.5) is 0 Å². The maximum atomic E-state index is 12.5. The lowest BCUT2D eigenvalue weighted by Crippen LogP contribution is -2.39. The molecule has 128 valence electrons. The van der Waals surface area contributed by atoms with Crippen molar-refractivity contribution in [2.24, 2.45) is 5.92 Å². The van der Waals surface area contributed by atoms with Gasteiger partial charge >= 0.3 is 0 Å². The van der Waals surface area contributed by atoms with Crippen molar-refractivity contribution in [3.05, 3.63) is 64.7 Å². The van der Waals surface area contributed by atoms with Crippen molar-refractivity contribution in [3.8, 4) is 11.8 Å². The first-order chi connectivity index (χ1) is 12.1. The third-order valence-electron chi connectivity index (χ3n) is 4.29. The molecule has 2 atom stereocenters. The molecule has 3 rings (SSSR count). The van der Waals surface area contributed by atoms with Crippen LogP contribution in [0.1, 0.15) is 36.9 Å². The molecule has 0 aliphatic heterocycles. The number of ether oxygens (including phenoxy) is 1. The van der Waals surface area contributed by atoms with Crippen LogP contribution in [0.15, 0.2) is 48.5 Å². The highest BCUT2D eigenvalue weighted by atomic mass is 35.5. The fraction of sp³-hybridized carbons (Fsp3) is 0.300. The van der Waals surface area contributed by atoms with Gasteiger partial charge in [-0.3, -0.25) is 4.79 Å². The third kappa shape index (κ3) is 4.52. The van der Waals surface area contributed by atoms with E-state index in [1.807, 2.05) is 24.3 Å². The van der Waals surface area contributed by atoms with Crippen LogP contribution in [0.2, 0.25) is 5.02 Å². The summed E-state index contributed by atoms with van der Waals surface area (Å²) in [5.74, 6) is 0.875. The lowest BCUT2D eigenvalue weighted by molar-refractivity contribution is -0.128. The Hall–Kier alpha value is -2.51. The molecule has 0 unspecified atom stereocenters. The minimum Gasteiger partial charge on any atom is -0.481 e. The zero-order valence-corrected chi connectivity index (χ0v) is 14.7. The highest BCUT2D eigenvalue weighted by Crippen LogP contribution is 2.41. The molecule has 1 aliphatic carbocycles. The summed E-state index contributed by atoms with van der Waals surface area (Å²) in [5, 5.41) is 12.6. The summed E-state index contributed by atoms with van der Waals surface area (Å²) >= 11 is 5.95. The second-order valence-electron chi connectivity index (χ2n) is 6.27. The molecular formula is C20H19ClN2O2. The first-order valence-corrected chi connectivity index (χ1v) is 8.67. The summed E-state index contributed by atoms with van der Waals surface area (Å²) in [6.45, 7) is 1.72. The van der Waals surface area contributed by atoms with E-state index >= 15 is 0 Å². The number of hydrogen-bond donors (Lipinski definition) is 1. The zero-order chi connectivity index (χ0) is 17.8.